The number of aliphatic hydroxyl groups is 1. The summed E-state index contributed by atoms with van der Waals surface area (Å²) in [4.78, 5) is 28.3. The monoisotopic (exact) mass is 535 g/mol. The molecule has 1 saturated heterocycles. The highest BCUT2D eigenvalue weighted by Gasteiger charge is 2.47. The second-order valence-corrected chi connectivity index (χ2v) is 9.93. The third-order valence-electron chi connectivity index (χ3n) is 6.15. The summed E-state index contributed by atoms with van der Waals surface area (Å²) in [6, 6.07) is 15.4. The molecule has 1 unspecified atom stereocenters. The predicted octanol–water partition coefficient (Wildman–Crippen LogP) is 6.41. The van der Waals surface area contributed by atoms with Crippen LogP contribution in [0.2, 0.25) is 5.02 Å². The SMILES string of the molecule is CCOc1cc(C2/C(=C(\O)c3cccc(OCC(C)C)c3)C(=O)C(=O)N2c2ccc(Cl)cc2C)ccc1O. The number of aliphatic hydroxyl groups excluding tert-OH is 1. The Balaban J connectivity index is 1.92. The van der Waals surface area contributed by atoms with E-state index in [2.05, 4.69) is 0 Å². The number of Topliss-reactive ketones (excluding diaryl/α,β-unsaturated/α-hetero) is 1. The third kappa shape index (κ3) is 5.34. The van der Waals surface area contributed by atoms with E-state index in [-0.39, 0.29) is 22.8 Å². The summed E-state index contributed by atoms with van der Waals surface area (Å²) in [6.45, 7) is 8.41. The molecule has 198 valence electrons. The molecule has 0 aromatic heterocycles. The summed E-state index contributed by atoms with van der Waals surface area (Å²) >= 11 is 6.16. The van der Waals surface area contributed by atoms with Crippen LogP contribution in [0.4, 0.5) is 5.69 Å². The van der Waals surface area contributed by atoms with Gasteiger partial charge in [0.25, 0.3) is 11.7 Å². The first kappa shape index (κ1) is 27.1. The topological polar surface area (TPSA) is 96.3 Å². The number of aryl methyl sites for hydroxylation is 1. The van der Waals surface area contributed by atoms with Crippen molar-refractivity contribution in [3.8, 4) is 17.2 Å². The number of aromatic hydroxyl groups is 1. The van der Waals surface area contributed by atoms with Crippen LogP contribution in [0.25, 0.3) is 5.76 Å². The van der Waals surface area contributed by atoms with Gasteiger partial charge in [-0.1, -0.05) is 43.6 Å². The lowest BCUT2D eigenvalue weighted by Crippen LogP contribution is -2.30. The van der Waals surface area contributed by atoms with Crippen LogP contribution in [0.1, 0.15) is 43.5 Å². The van der Waals surface area contributed by atoms with Crippen molar-refractivity contribution in [3.05, 3.63) is 87.9 Å². The summed E-state index contributed by atoms with van der Waals surface area (Å²) in [7, 11) is 0. The maximum atomic E-state index is 13.5. The van der Waals surface area contributed by atoms with Crippen molar-refractivity contribution in [2.24, 2.45) is 5.92 Å². The Morgan fingerprint density at radius 2 is 1.82 bits per heavy atom. The van der Waals surface area contributed by atoms with Crippen molar-refractivity contribution in [2.75, 3.05) is 18.1 Å². The Labute approximate surface area is 226 Å². The van der Waals surface area contributed by atoms with Crippen LogP contribution in [0.5, 0.6) is 17.2 Å². The fraction of sp³-hybridized carbons (Fsp3) is 0.267. The molecule has 0 saturated carbocycles. The molecule has 3 aromatic carbocycles. The highest BCUT2D eigenvalue weighted by molar-refractivity contribution is 6.51. The molecule has 1 aliphatic rings. The quantitative estimate of drug-likeness (QED) is 0.196. The van der Waals surface area contributed by atoms with Gasteiger partial charge in [-0.2, -0.15) is 0 Å². The Hall–Kier alpha value is -3.97. The molecule has 1 fully saturated rings. The zero-order valence-electron chi connectivity index (χ0n) is 21.7. The summed E-state index contributed by atoms with van der Waals surface area (Å²) < 4.78 is 11.4. The number of ketones is 1. The minimum atomic E-state index is -0.991. The average molecular weight is 536 g/mol. The molecule has 0 aliphatic carbocycles. The summed E-state index contributed by atoms with van der Waals surface area (Å²) in [5, 5.41) is 22.2. The molecule has 0 bridgehead atoms. The van der Waals surface area contributed by atoms with Gasteiger partial charge >= 0.3 is 0 Å². The molecule has 1 aliphatic heterocycles. The van der Waals surface area contributed by atoms with Gasteiger partial charge in [0, 0.05) is 16.3 Å². The van der Waals surface area contributed by atoms with E-state index < -0.39 is 17.7 Å². The second-order valence-electron chi connectivity index (χ2n) is 9.49. The summed E-state index contributed by atoms with van der Waals surface area (Å²) in [5.41, 5.74) is 1.89. The molecule has 4 rings (SSSR count). The first-order chi connectivity index (χ1) is 18.1. The zero-order chi connectivity index (χ0) is 27.6. The van der Waals surface area contributed by atoms with Crippen molar-refractivity contribution in [1.29, 1.82) is 0 Å². The Bertz CT molecular complexity index is 1410. The fourth-order valence-corrected chi connectivity index (χ4v) is 4.64. The Morgan fingerprint density at radius 3 is 2.50 bits per heavy atom. The molecule has 1 heterocycles. The number of benzene rings is 3. The number of anilines is 1. The van der Waals surface area contributed by atoms with E-state index in [4.69, 9.17) is 21.1 Å². The maximum absolute atomic E-state index is 13.5. The van der Waals surface area contributed by atoms with Gasteiger partial charge in [0.05, 0.1) is 24.8 Å². The molecular weight excluding hydrogens is 506 g/mol. The minimum absolute atomic E-state index is 0.0785. The molecule has 38 heavy (non-hydrogen) atoms. The van der Waals surface area contributed by atoms with Gasteiger partial charge in [-0.05, 0) is 73.4 Å². The van der Waals surface area contributed by atoms with E-state index in [1.165, 1.54) is 11.0 Å². The number of ether oxygens (including phenoxy) is 2. The molecule has 7 nitrogen and oxygen atoms in total. The molecule has 8 heteroatoms. The number of phenols is 1. The number of hydrogen-bond acceptors (Lipinski definition) is 6. The number of carbonyl (C=O) groups is 2. The van der Waals surface area contributed by atoms with E-state index in [9.17, 15) is 19.8 Å². The number of amides is 1. The van der Waals surface area contributed by atoms with E-state index >= 15 is 0 Å². The third-order valence-corrected chi connectivity index (χ3v) is 6.39. The van der Waals surface area contributed by atoms with Gasteiger partial charge in [0.15, 0.2) is 11.5 Å². The predicted molar refractivity (Wildman–Crippen MR) is 147 cm³/mol. The number of nitrogens with zero attached hydrogens (tertiary/aromatic N) is 1. The normalized spacial score (nSPS) is 16.8. The largest absolute Gasteiger partial charge is 0.507 e. The lowest BCUT2D eigenvalue weighted by molar-refractivity contribution is -0.132. The molecule has 2 N–H and O–H groups in total. The van der Waals surface area contributed by atoms with Crippen molar-refractivity contribution < 1.29 is 29.3 Å². The van der Waals surface area contributed by atoms with Gasteiger partial charge in [-0.3, -0.25) is 14.5 Å². The number of phenolic OH excluding ortho intramolecular Hbond substituents is 1. The Kier molecular flexibility index (Phi) is 7.97. The van der Waals surface area contributed by atoms with Crippen LogP contribution in [0, 0.1) is 12.8 Å². The lowest BCUT2D eigenvalue weighted by atomic mass is 9.94. The standard InChI is InChI=1S/C30H30ClNO6/c1-5-37-25-15-19(9-12-24(25)33)27-26(28(34)20-7-6-8-22(14-20)38-16-17(2)3)29(35)30(36)32(27)23-11-10-21(31)13-18(23)4/h6-15,17,27,33-34H,5,16H2,1-4H3/b28-26+. The van der Waals surface area contributed by atoms with Gasteiger partial charge < -0.3 is 19.7 Å². The van der Waals surface area contributed by atoms with E-state index in [0.717, 1.165) is 0 Å². The van der Waals surface area contributed by atoms with Crippen LogP contribution in [0.15, 0.2) is 66.2 Å². The molecule has 3 aromatic rings. The van der Waals surface area contributed by atoms with Crippen LogP contribution in [-0.2, 0) is 9.59 Å². The van der Waals surface area contributed by atoms with Crippen LogP contribution in [0.3, 0.4) is 0 Å². The first-order valence-corrected chi connectivity index (χ1v) is 12.8. The highest BCUT2D eigenvalue weighted by atomic mass is 35.5. The van der Waals surface area contributed by atoms with Gasteiger partial charge in [-0.15, -0.1) is 0 Å². The van der Waals surface area contributed by atoms with Crippen molar-refractivity contribution in [1.82, 2.24) is 0 Å². The lowest BCUT2D eigenvalue weighted by Gasteiger charge is -2.27. The maximum Gasteiger partial charge on any atom is 0.300 e. The van der Waals surface area contributed by atoms with Crippen LogP contribution >= 0.6 is 11.6 Å². The van der Waals surface area contributed by atoms with Crippen molar-refractivity contribution in [3.63, 3.8) is 0 Å². The number of hydrogen-bond donors (Lipinski definition) is 2. The van der Waals surface area contributed by atoms with Crippen molar-refractivity contribution >= 4 is 34.7 Å². The molecule has 0 spiro atoms. The van der Waals surface area contributed by atoms with Crippen molar-refractivity contribution in [2.45, 2.75) is 33.7 Å². The zero-order valence-corrected chi connectivity index (χ0v) is 22.5. The van der Waals surface area contributed by atoms with E-state index in [0.29, 0.717) is 52.3 Å². The molecule has 0 radical (unpaired) electrons. The number of rotatable bonds is 8. The molecule has 1 atom stereocenters. The van der Waals surface area contributed by atoms with E-state index in [1.807, 2.05) is 13.8 Å². The number of halogens is 1. The van der Waals surface area contributed by atoms with Gasteiger partial charge in [-0.25, -0.2) is 0 Å². The van der Waals surface area contributed by atoms with Crippen LogP contribution in [-0.4, -0.2) is 35.1 Å². The second kappa shape index (κ2) is 11.2. The average Bonchev–Trinajstić information content (AvgIpc) is 3.14. The Morgan fingerprint density at radius 1 is 1.05 bits per heavy atom. The van der Waals surface area contributed by atoms with Crippen LogP contribution < -0.4 is 14.4 Å². The van der Waals surface area contributed by atoms with E-state index in [1.54, 1.807) is 68.4 Å². The summed E-state index contributed by atoms with van der Waals surface area (Å²) in [5.74, 6) is -0.998. The first-order valence-electron chi connectivity index (χ1n) is 12.4. The summed E-state index contributed by atoms with van der Waals surface area (Å²) in [6.07, 6.45) is 0. The molecular formula is C30H30ClNO6. The van der Waals surface area contributed by atoms with Gasteiger partial charge in [0.2, 0.25) is 0 Å². The minimum Gasteiger partial charge on any atom is -0.507 e. The smallest absolute Gasteiger partial charge is 0.300 e. The number of carbonyl (C=O) groups excluding carboxylic acids is 2. The fourth-order valence-electron chi connectivity index (χ4n) is 4.41. The van der Waals surface area contributed by atoms with Gasteiger partial charge in [0.1, 0.15) is 11.5 Å². The highest BCUT2D eigenvalue weighted by Crippen LogP contribution is 2.45. The molecule has 1 amide bonds.